The summed E-state index contributed by atoms with van der Waals surface area (Å²) in [4.78, 5) is 18.6. The zero-order chi connectivity index (χ0) is 14.8. The van der Waals surface area contributed by atoms with E-state index >= 15 is 0 Å². The zero-order valence-corrected chi connectivity index (χ0v) is 11.8. The van der Waals surface area contributed by atoms with E-state index in [9.17, 15) is 4.79 Å². The minimum absolute atomic E-state index is 0.201. The highest BCUT2D eigenvalue weighted by Gasteiger charge is 2.11. The molecule has 0 aliphatic rings. The lowest BCUT2D eigenvalue weighted by Crippen LogP contribution is -2.12. The Bertz CT molecular complexity index is 819. The van der Waals surface area contributed by atoms with Gasteiger partial charge in [0.25, 0.3) is 5.56 Å². The predicted octanol–water partition coefficient (Wildman–Crippen LogP) is 1.35. The number of fused-ring (bicyclic) bond motifs is 1. The molecule has 0 bridgehead atoms. The summed E-state index contributed by atoms with van der Waals surface area (Å²) in [5.74, 6) is 1.36. The molecular formula is C14H15N5O2. The Morgan fingerprint density at radius 3 is 2.81 bits per heavy atom. The number of hydrogen-bond acceptors (Lipinski definition) is 5. The summed E-state index contributed by atoms with van der Waals surface area (Å²) in [5.41, 5.74) is 1.97. The van der Waals surface area contributed by atoms with Gasteiger partial charge in [0.05, 0.1) is 12.8 Å². The summed E-state index contributed by atoms with van der Waals surface area (Å²) >= 11 is 0. The third kappa shape index (κ3) is 2.45. The predicted molar refractivity (Wildman–Crippen MR) is 78.7 cm³/mol. The lowest BCUT2D eigenvalue weighted by molar-refractivity contribution is 0.414. The van der Waals surface area contributed by atoms with Crippen LogP contribution >= 0.6 is 0 Å². The molecule has 0 aliphatic carbocycles. The van der Waals surface area contributed by atoms with Gasteiger partial charge in [0.15, 0.2) is 5.52 Å². The molecule has 1 aromatic carbocycles. The van der Waals surface area contributed by atoms with E-state index < -0.39 is 0 Å². The molecule has 7 heteroatoms. The molecule has 0 atom stereocenters. The molecule has 3 rings (SSSR count). The van der Waals surface area contributed by atoms with E-state index in [1.807, 2.05) is 24.3 Å². The van der Waals surface area contributed by atoms with Gasteiger partial charge in [-0.2, -0.15) is 9.61 Å². The van der Waals surface area contributed by atoms with Crippen LogP contribution in [0.25, 0.3) is 5.52 Å². The van der Waals surface area contributed by atoms with Crippen LogP contribution in [-0.2, 0) is 6.54 Å². The highest BCUT2D eigenvalue weighted by Crippen LogP contribution is 2.14. The molecule has 0 saturated heterocycles. The number of nitrogens with one attached hydrogen (secondary N) is 2. The monoisotopic (exact) mass is 285 g/mol. The number of aromatic nitrogens is 4. The molecule has 2 aromatic heterocycles. The van der Waals surface area contributed by atoms with E-state index in [0.29, 0.717) is 23.7 Å². The molecular weight excluding hydrogens is 270 g/mol. The molecule has 0 fully saturated rings. The first-order valence-corrected chi connectivity index (χ1v) is 6.49. The number of imidazole rings is 1. The Morgan fingerprint density at radius 1 is 1.33 bits per heavy atom. The van der Waals surface area contributed by atoms with E-state index in [1.165, 1.54) is 10.8 Å². The van der Waals surface area contributed by atoms with Crippen molar-refractivity contribution in [1.29, 1.82) is 0 Å². The van der Waals surface area contributed by atoms with Crippen LogP contribution in [0.4, 0.5) is 5.95 Å². The van der Waals surface area contributed by atoms with E-state index in [4.69, 9.17) is 4.74 Å². The summed E-state index contributed by atoms with van der Waals surface area (Å²) in [6.45, 7) is 2.36. The fourth-order valence-corrected chi connectivity index (χ4v) is 2.14. The van der Waals surface area contributed by atoms with Crippen LogP contribution in [0.1, 0.15) is 11.3 Å². The van der Waals surface area contributed by atoms with E-state index in [-0.39, 0.29) is 5.56 Å². The number of nitrogens with zero attached hydrogens (tertiary/aromatic N) is 3. The molecule has 7 nitrogen and oxygen atoms in total. The number of ether oxygens (including phenoxy) is 1. The third-order valence-corrected chi connectivity index (χ3v) is 3.22. The second-order valence-electron chi connectivity index (χ2n) is 4.60. The van der Waals surface area contributed by atoms with E-state index in [0.717, 1.165) is 11.3 Å². The number of aryl methyl sites for hydroxylation is 1. The zero-order valence-electron chi connectivity index (χ0n) is 11.8. The molecule has 0 aliphatic heterocycles. The van der Waals surface area contributed by atoms with Crippen molar-refractivity contribution >= 4 is 11.5 Å². The first kappa shape index (κ1) is 13.2. The van der Waals surface area contributed by atoms with Crippen molar-refractivity contribution in [1.82, 2.24) is 19.6 Å². The Labute approximate surface area is 120 Å². The van der Waals surface area contributed by atoms with Crippen molar-refractivity contribution < 1.29 is 4.74 Å². The highest BCUT2D eigenvalue weighted by atomic mass is 16.5. The first-order chi connectivity index (χ1) is 10.2. The topological polar surface area (TPSA) is 84.3 Å². The second kappa shape index (κ2) is 5.28. The molecule has 2 heterocycles. The average Bonchev–Trinajstić information content (AvgIpc) is 2.83. The molecule has 0 radical (unpaired) electrons. The number of aromatic amines is 1. The molecule has 0 unspecified atom stereocenters. The normalized spacial score (nSPS) is 10.8. The maximum atomic E-state index is 11.8. The number of hydrogen-bond donors (Lipinski definition) is 2. The van der Waals surface area contributed by atoms with Crippen LogP contribution in [0.2, 0.25) is 0 Å². The molecule has 0 amide bonds. The largest absolute Gasteiger partial charge is 0.497 e. The number of benzene rings is 1. The van der Waals surface area contributed by atoms with Crippen LogP contribution in [-0.4, -0.2) is 26.7 Å². The van der Waals surface area contributed by atoms with Gasteiger partial charge in [0.2, 0.25) is 5.95 Å². The maximum absolute atomic E-state index is 11.8. The van der Waals surface area contributed by atoms with Crippen LogP contribution in [0.3, 0.4) is 0 Å². The fourth-order valence-electron chi connectivity index (χ4n) is 2.14. The van der Waals surface area contributed by atoms with Gasteiger partial charge in [0.1, 0.15) is 12.1 Å². The van der Waals surface area contributed by atoms with Gasteiger partial charge in [-0.05, 0) is 24.6 Å². The summed E-state index contributed by atoms with van der Waals surface area (Å²) in [6, 6.07) is 7.73. The van der Waals surface area contributed by atoms with Crippen LogP contribution in [0.15, 0.2) is 35.4 Å². The van der Waals surface area contributed by atoms with Crippen molar-refractivity contribution in [2.75, 3.05) is 12.4 Å². The van der Waals surface area contributed by atoms with Gasteiger partial charge in [-0.3, -0.25) is 4.79 Å². The van der Waals surface area contributed by atoms with Gasteiger partial charge in [-0.15, -0.1) is 0 Å². The highest BCUT2D eigenvalue weighted by molar-refractivity contribution is 5.54. The smallest absolute Gasteiger partial charge is 0.277 e. The van der Waals surface area contributed by atoms with Crippen LogP contribution < -0.4 is 15.6 Å². The number of anilines is 1. The first-order valence-electron chi connectivity index (χ1n) is 6.49. The van der Waals surface area contributed by atoms with Crippen molar-refractivity contribution in [3.05, 3.63) is 52.2 Å². The van der Waals surface area contributed by atoms with Crippen molar-refractivity contribution in [2.45, 2.75) is 13.5 Å². The third-order valence-electron chi connectivity index (χ3n) is 3.22. The Balaban J connectivity index is 1.85. The maximum Gasteiger partial charge on any atom is 0.277 e. The van der Waals surface area contributed by atoms with Gasteiger partial charge >= 0.3 is 0 Å². The lowest BCUT2D eigenvalue weighted by atomic mass is 10.2. The van der Waals surface area contributed by atoms with Crippen molar-refractivity contribution in [3.63, 3.8) is 0 Å². The summed E-state index contributed by atoms with van der Waals surface area (Å²) < 4.78 is 6.63. The molecule has 0 spiro atoms. The minimum atomic E-state index is -0.201. The SMILES string of the molecule is COc1ccc(CNc2nc(C)c3c(=O)[nH]cnn23)cc1. The molecule has 21 heavy (non-hydrogen) atoms. The molecule has 3 aromatic rings. The number of methoxy groups -OCH3 is 1. The fraction of sp³-hybridized carbons (Fsp3) is 0.214. The van der Waals surface area contributed by atoms with Crippen molar-refractivity contribution in [2.24, 2.45) is 0 Å². The molecule has 108 valence electrons. The summed E-state index contributed by atoms with van der Waals surface area (Å²) in [5, 5.41) is 7.30. The second-order valence-corrected chi connectivity index (χ2v) is 4.60. The molecule has 0 saturated carbocycles. The van der Waals surface area contributed by atoms with E-state index in [1.54, 1.807) is 14.0 Å². The van der Waals surface area contributed by atoms with Gasteiger partial charge < -0.3 is 15.0 Å². The van der Waals surface area contributed by atoms with Gasteiger partial charge in [-0.25, -0.2) is 4.98 Å². The Kier molecular flexibility index (Phi) is 3.31. The Hall–Kier alpha value is -2.83. The Morgan fingerprint density at radius 2 is 2.10 bits per heavy atom. The minimum Gasteiger partial charge on any atom is -0.497 e. The quantitative estimate of drug-likeness (QED) is 0.756. The van der Waals surface area contributed by atoms with Crippen molar-refractivity contribution in [3.8, 4) is 5.75 Å². The average molecular weight is 285 g/mol. The van der Waals surface area contributed by atoms with Gasteiger partial charge in [0, 0.05) is 6.54 Å². The van der Waals surface area contributed by atoms with Gasteiger partial charge in [-0.1, -0.05) is 12.1 Å². The lowest BCUT2D eigenvalue weighted by Gasteiger charge is -2.05. The number of rotatable bonds is 4. The van der Waals surface area contributed by atoms with Crippen LogP contribution in [0, 0.1) is 6.92 Å². The van der Waals surface area contributed by atoms with E-state index in [2.05, 4.69) is 20.4 Å². The number of H-pyrrole nitrogens is 1. The summed E-state index contributed by atoms with van der Waals surface area (Å²) in [7, 11) is 1.63. The standard InChI is InChI=1S/C14H15N5O2/c1-9-12-13(20)16-8-17-19(12)14(18-9)15-7-10-3-5-11(21-2)6-4-10/h3-6,8H,7H2,1-2H3,(H,15,18)(H,16,17,20). The summed E-state index contributed by atoms with van der Waals surface area (Å²) in [6.07, 6.45) is 1.36. The van der Waals surface area contributed by atoms with Crippen LogP contribution in [0.5, 0.6) is 5.75 Å². The molecule has 2 N–H and O–H groups in total.